The fourth-order valence-electron chi connectivity index (χ4n) is 1.69. The highest BCUT2D eigenvalue weighted by molar-refractivity contribution is 5.97. The van der Waals surface area contributed by atoms with E-state index in [0.717, 1.165) is 0 Å². The lowest BCUT2D eigenvalue weighted by atomic mass is 10.1. The van der Waals surface area contributed by atoms with E-state index in [-0.39, 0.29) is 24.1 Å². The van der Waals surface area contributed by atoms with Crippen molar-refractivity contribution in [2.24, 2.45) is 0 Å². The minimum atomic E-state index is -0.199. The summed E-state index contributed by atoms with van der Waals surface area (Å²) in [5.74, 6) is -0.191. The van der Waals surface area contributed by atoms with Gasteiger partial charge in [0.1, 0.15) is 5.75 Å². The zero-order valence-electron chi connectivity index (χ0n) is 11.8. The van der Waals surface area contributed by atoms with Crippen LogP contribution in [-0.2, 0) is 4.79 Å². The highest BCUT2D eigenvalue weighted by Gasteiger charge is 2.19. The topological polar surface area (TPSA) is 60.9 Å². The minimum absolute atomic E-state index is 0.0582. The summed E-state index contributed by atoms with van der Waals surface area (Å²) in [6, 6.07) is 4.59. The van der Waals surface area contributed by atoms with Crippen LogP contribution in [0.25, 0.3) is 0 Å². The molecule has 2 amide bonds. The zero-order chi connectivity index (χ0) is 14.6. The van der Waals surface area contributed by atoms with Gasteiger partial charge in [-0.2, -0.15) is 0 Å². The average molecular weight is 264 g/mol. The second-order valence-electron chi connectivity index (χ2n) is 4.61. The minimum Gasteiger partial charge on any atom is -0.508 e. The molecule has 1 N–H and O–H groups in total. The maximum atomic E-state index is 12.3. The fourth-order valence-corrected chi connectivity index (χ4v) is 1.69. The molecule has 0 fully saturated rings. The monoisotopic (exact) mass is 264 g/mol. The lowest BCUT2D eigenvalue weighted by Gasteiger charge is -2.23. The molecule has 19 heavy (non-hydrogen) atoms. The summed E-state index contributed by atoms with van der Waals surface area (Å²) in [4.78, 5) is 27.0. The maximum Gasteiger partial charge on any atom is 0.254 e. The molecule has 0 aliphatic heterocycles. The van der Waals surface area contributed by atoms with Gasteiger partial charge in [0, 0.05) is 26.2 Å². The first-order chi connectivity index (χ1) is 8.86. The third kappa shape index (κ3) is 3.71. The Kier molecular flexibility index (Phi) is 4.92. The van der Waals surface area contributed by atoms with Crippen molar-refractivity contribution in [3.63, 3.8) is 0 Å². The van der Waals surface area contributed by atoms with Crippen LogP contribution < -0.4 is 0 Å². The van der Waals surface area contributed by atoms with E-state index in [9.17, 15) is 14.7 Å². The molecule has 0 atom stereocenters. The molecule has 0 bridgehead atoms. The van der Waals surface area contributed by atoms with E-state index in [2.05, 4.69) is 0 Å². The Bertz CT molecular complexity index is 484. The van der Waals surface area contributed by atoms with Crippen LogP contribution in [0.2, 0.25) is 0 Å². The molecule has 0 saturated heterocycles. The van der Waals surface area contributed by atoms with Crippen molar-refractivity contribution in [3.05, 3.63) is 29.3 Å². The van der Waals surface area contributed by atoms with E-state index >= 15 is 0 Å². The number of phenolic OH excluding ortho intramolecular Hbond substituents is 1. The van der Waals surface area contributed by atoms with Crippen LogP contribution in [0.5, 0.6) is 5.75 Å². The maximum absolute atomic E-state index is 12.3. The molecule has 0 aliphatic carbocycles. The van der Waals surface area contributed by atoms with Crippen LogP contribution in [0.15, 0.2) is 18.2 Å². The van der Waals surface area contributed by atoms with Crippen LogP contribution in [0.1, 0.15) is 22.8 Å². The summed E-state index contributed by atoms with van der Waals surface area (Å²) >= 11 is 0. The molecule has 1 rings (SSSR count). The number of aromatic hydroxyl groups is 1. The van der Waals surface area contributed by atoms with E-state index in [1.807, 2.05) is 6.92 Å². The predicted octanol–water partition coefficient (Wildman–Crippen LogP) is 1.25. The molecular formula is C14H20N2O3. The molecule has 104 valence electrons. The van der Waals surface area contributed by atoms with Crippen LogP contribution >= 0.6 is 0 Å². The van der Waals surface area contributed by atoms with Gasteiger partial charge in [0.25, 0.3) is 5.91 Å². The lowest BCUT2D eigenvalue weighted by molar-refractivity contribution is -0.129. The Hall–Kier alpha value is -2.04. The first-order valence-corrected chi connectivity index (χ1v) is 6.15. The molecule has 0 aromatic heterocycles. The van der Waals surface area contributed by atoms with Crippen molar-refractivity contribution >= 4 is 11.8 Å². The van der Waals surface area contributed by atoms with Gasteiger partial charge < -0.3 is 14.9 Å². The average Bonchev–Trinajstić information content (AvgIpc) is 2.34. The molecule has 0 unspecified atom stereocenters. The number of carbonyl (C=O) groups is 2. The van der Waals surface area contributed by atoms with Crippen molar-refractivity contribution in [2.75, 3.05) is 27.2 Å². The number of benzene rings is 1. The smallest absolute Gasteiger partial charge is 0.254 e. The fraction of sp³-hybridized carbons (Fsp3) is 0.429. The highest BCUT2D eigenvalue weighted by atomic mass is 16.3. The third-order valence-electron chi connectivity index (χ3n) is 2.93. The molecule has 0 spiro atoms. The first kappa shape index (κ1) is 15.0. The zero-order valence-corrected chi connectivity index (χ0v) is 11.8. The van der Waals surface area contributed by atoms with E-state index in [1.165, 1.54) is 21.9 Å². The molecule has 5 nitrogen and oxygen atoms in total. The van der Waals surface area contributed by atoms with Gasteiger partial charge in [-0.25, -0.2) is 0 Å². The van der Waals surface area contributed by atoms with Gasteiger partial charge in [-0.3, -0.25) is 9.59 Å². The molecule has 0 radical (unpaired) electrons. The summed E-state index contributed by atoms with van der Waals surface area (Å²) in [5.41, 5.74) is 1.20. The summed E-state index contributed by atoms with van der Waals surface area (Å²) < 4.78 is 0. The Morgan fingerprint density at radius 2 is 1.89 bits per heavy atom. The van der Waals surface area contributed by atoms with Gasteiger partial charge in [0.15, 0.2) is 0 Å². The van der Waals surface area contributed by atoms with Crippen molar-refractivity contribution < 1.29 is 14.7 Å². The molecule has 5 heteroatoms. The quantitative estimate of drug-likeness (QED) is 0.890. The van der Waals surface area contributed by atoms with E-state index in [1.54, 1.807) is 27.1 Å². The standard InChI is InChI=1S/C14H20N2O3/c1-5-16(9-13(18)15(3)4)14(19)12-7-6-11(17)8-10(12)2/h6-8,17H,5,9H2,1-4H3. The van der Waals surface area contributed by atoms with E-state index < -0.39 is 0 Å². The molecule has 0 saturated carbocycles. The lowest BCUT2D eigenvalue weighted by Crippen LogP contribution is -2.40. The predicted molar refractivity (Wildman–Crippen MR) is 73.1 cm³/mol. The number of likely N-dealkylation sites (N-methyl/N-ethyl adjacent to an activating group) is 2. The number of amides is 2. The summed E-state index contributed by atoms with van der Waals surface area (Å²) in [6.45, 7) is 4.10. The van der Waals surface area contributed by atoms with Crippen molar-refractivity contribution in [3.8, 4) is 5.75 Å². The number of carbonyl (C=O) groups excluding carboxylic acids is 2. The van der Waals surface area contributed by atoms with Gasteiger partial charge in [-0.15, -0.1) is 0 Å². The largest absolute Gasteiger partial charge is 0.508 e. The van der Waals surface area contributed by atoms with Gasteiger partial charge >= 0.3 is 0 Å². The number of hydrogen-bond acceptors (Lipinski definition) is 3. The SMILES string of the molecule is CCN(CC(=O)N(C)C)C(=O)c1ccc(O)cc1C. The molecule has 1 aromatic rings. The van der Waals surface area contributed by atoms with Crippen LogP contribution in [0.4, 0.5) is 0 Å². The summed E-state index contributed by atoms with van der Waals surface area (Å²) in [5, 5.41) is 9.35. The highest BCUT2D eigenvalue weighted by Crippen LogP contribution is 2.17. The van der Waals surface area contributed by atoms with E-state index in [4.69, 9.17) is 0 Å². The number of nitrogens with zero attached hydrogens (tertiary/aromatic N) is 2. The van der Waals surface area contributed by atoms with Crippen LogP contribution in [0.3, 0.4) is 0 Å². The third-order valence-corrected chi connectivity index (χ3v) is 2.93. The molecule has 0 heterocycles. The van der Waals surface area contributed by atoms with Crippen molar-refractivity contribution in [1.29, 1.82) is 0 Å². The second-order valence-corrected chi connectivity index (χ2v) is 4.61. The summed E-state index contributed by atoms with van der Waals surface area (Å²) in [6.07, 6.45) is 0. The Morgan fingerprint density at radius 3 is 2.37 bits per heavy atom. The normalized spacial score (nSPS) is 10.1. The van der Waals surface area contributed by atoms with Crippen molar-refractivity contribution in [1.82, 2.24) is 9.80 Å². The van der Waals surface area contributed by atoms with Gasteiger partial charge in [-0.05, 0) is 37.6 Å². The van der Waals surface area contributed by atoms with Crippen LogP contribution in [0, 0.1) is 6.92 Å². The molecule has 0 aliphatic rings. The second kappa shape index (κ2) is 6.22. The molecule has 1 aromatic carbocycles. The Balaban J connectivity index is 2.92. The van der Waals surface area contributed by atoms with Crippen molar-refractivity contribution in [2.45, 2.75) is 13.8 Å². The Labute approximate surface area is 113 Å². The van der Waals surface area contributed by atoms with Crippen LogP contribution in [-0.4, -0.2) is 53.9 Å². The summed E-state index contributed by atoms with van der Waals surface area (Å²) in [7, 11) is 3.32. The van der Waals surface area contributed by atoms with Gasteiger partial charge in [0.05, 0.1) is 6.54 Å². The molecular weight excluding hydrogens is 244 g/mol. The van der Waals surface area contributed by atoms with Gasteiger partial charge in [0.2, 0.25) is 5.91 Å². The number of rotatable bonds is 4. The number of hydrogen-bond donors (Lipinski definition) is 1. The number of aryl methyl sites for hydroxylation is 1. The number of phenols is 1. The van der Waals surface area contributed by atoms with Gasteiger partial charge in [-0.1, -0.05) is 0 Å². The van der Waals surface area contributed by atoms with E-state index in [0.29, 0.717) is 17.7 Å². The first-order valence-electron chi connectivity index (χ1n) is 6.15. The Morgan fingerprint density at radius 1 is 1.26 bits per heavy atom.